The lowest BCUT2D eigenvalue weighted by Crippen LogP contribution is -2.48. The van der Waals surface area contributed by atoms with Crippen LogP contribution in [0, 0.1) is 0 Å². The topological polar surface area (TPSA) is 41.4 Å². The number of piperazine rings is 1. The van der Waals surface area contributed by atoms with Gasteiger partial charge in [-0.1, -0.05) is 29.8 Å². The van der Waals surface area contributed by atoms with E-state index in [1.165, 1.54) is 7.05 Å². The van der Waals surface area contributed by atoms with Crippen molar-refractivity contribution in [2.45, 2.75) is 12.7 Å². The molecule has 1 amide bonds. The fourth-order valence-corrected chi connectivity index (χ4v) is 3.14. The third kappa shape index (κ3) is 4.02. The predicted molar refractivity (Wildman–Crippen MR) is 90.8 cm³/mol. The van der Waals surface area contributed by atoms with E-state index in [4.69, 9.17) is 11.6 Å². The number of carbonyl (C=O) groups excluding carboxylic acids is 1. The lowest BCUT2D eigenvalue weighted by molar-refractivity contribution is -0.141. The number of halogens is 4. The molecule has 26 heavy (non-hydrogen) atoms. The summed E-state index contributed by atoms with van der Waals surface area (Å²) in [6.07, 6.45) is -4.57. The first-order valence-corrected chi connectivity index (χ1v) is 8.50. The van der Waals surface area contributed by atoms with E-state index in [1.54, 1.807) is 4.90 Å². The Morgan fingerprint density at radius 3 is 2.42 bits per heavy atom. The van der Waals surface area contributed by atoms with Gasteiger partial charge >= 0.3 is 6.18 Å². The van der Waals surface area contributed by atoms with Crippen molar-refractivity contribution < 1.29 is 18.0 Å². The van der Waals surface area contributed by atoms with Crippen LogP contribution in [-0.2, 0) is 19.8 Å². The van der Waals surface area contributed by atoms with Crippen LogP contribution < -0.4 is 0 Å². The van der Waals surface area contributed by atoms with Gasteiger partial charge in [-0.2, -0.15) is 18.3 Å². The summed E-state index contributed by atoms with van der Waals surface area (Å²) >= 11 is 6.17. The SMILES string of the molecule is Cn1nc(C(F)(F)F)cc1C(=O)N1CCN(Cc2ccccc2Cl)CC1. The number of aryl methyl sites for hydroxylation is 1. The molecule has 3 rings (SSSR count). The van der Waals surface area contributed by atoms with E-state index in [0.29, 0.717) is 37.7 Å². The van der Waals surface area contributed by atoms with Gasteiger partial charge in [0, 0.05) is 50.9 Å². The van der Waals surface area contributed by atoms with Crippen molar-refractivity contribution in [1.82, 2.24) is 19.6 Å². The van der Waals surface area contributed by atoms with Crippen LogP contribution in [0.3, 0.4) is 0 Å². The molecule has 1 aromatic heterocycles. The van der Waals surface area contributed by atoms with E-state index in [9.17, 15) is 18.0 Å². The molecule has 0 N–H and O–H groups in total. The summed E-state index contributed by atoms with van der Waals surface area (Å²) in [6, 6.07) is 8.37. The lowest BCUT2D eigenvalue weighted by Gasteiger charge is -2.34. The van der Waals surface area contributed by atoms with E-state index in [1.807, 2.05) is 24.3 Å². The normalized spacial score (nSPS) is 16.1. The zero-order valence-electron chi connectivity index (χ0n) is 14.1. The molecule has 1 fully saturated rings. The second kappa shape index (κ2) is 7.28. The highest BCUT2D eigenvalue weighted by Crippen LogP contribution is 2.28. The van der Waals surface area contributed by atoms with E-state index in [2.05, 4.69) is 10.00 Å². The Hall–Kier alpha value is -2.06. The second-order valence-electron chi connectivity index (χ2n) is 6.20. The Bertz CT molecular complexity index is 798. The Morgan fingerprint density at radius 2 is 1.85 bits per heavy atom. The molecule has 0 spiro atoms. The molecule has 9 heteroatoms. The van der Waals surface area contributed by atoms with Crippen molar-refractivity contribution in [2.75, 3.05) is 26.2 Å². The Kier molecular flexibility index (Phi) is 5.24. The fraction of sp³-hybridized carbons (Fsp3) is 0.412. The number of nitrogens with zero attached hydrogens (tertiary/aromatic N) is 4. The monoisotopic (exact) mass is 386 g/mol. The van der Waals surface area contributed by atoms with Gasteiger partial charge in [0.2, 0.25) is 0 Å². The van der Waals surface area contributed by atoms with Crippen LogP contribution in [0.1, 0.15) is 21.7 Å². The molecule has 1 aromatic carbocycles. The summed E-state index contributed by atoms with van der Waals surface area (Å²) in [5.41, 5.74) is -0.104. The summed E-state index contributed by atoms with van der Waals surface area (Å²) in [5, 5.41) is 4.09. The van der Waals surface area contributed by atoms with Crippen molar-refractivity contribution in [1.29, 1.82) is 0 Å². The Labute approximate surface area is 153 Å². The van der Waals surface area contributed by atoms with Crippen LogP contribution in [0.5, 0.6) is 0 Å². The molecule has 1 aliphatic heterocycles. The molecule has 0 bridgehead atoms. The van der Waals surface area contributed by atoms with Gasteiger partial charge in [-0.25, -0.2) is 0 Å². The summed E-state index contributed by atoms with van der Waals surface area (Å²) in [4.78, 5) is 16.3. The third-order valence-corrected chi connectivity index (χ3v) is 4.77. The number of alkyl halides is 3. The van der Waals surface area contributed by atoms with Gasteiger partial charge in [0.15, 0.2) is 5.69 Å². The Balaban J connectivity index is 1.62. The largest absolute Gasteiger partial charge is 0.435 e. The molecule has 0 unspecified atom stereocenters. The summed E-state index contributed by atoms with van der Waals surface area (Å²) in [7, 11) is 1.34. The van der Waals surface area contributed by atoms with Crippen LogP contribution in [0.25, 0.3) is 0 Å². The maximum absolute atomic E-state index is 12.8. The lowest BCUT2D eigenvalue weighted by atomic mass is 10.2. The zero-order valence-corrected chi connectivity index (χ0v) is 14.9. The van der Waals surface area contributed by atoms with Crippen LogP contribution in [-0.4, -0.2) is 51.7 Å². The van der Waals surface area contributed by atoms with Crippen molar-refractivity contribution in [3.8, 4) is 0 Å². The summed E-state index contributed by atoms with van der Waals surface area (Å²) < 4.78 is 39.3. The van der Waals surface area contributed by atoms with Crippen molar-refractivity contribution in [2.24, 2.45) is 7.05 Å². The number of aromatic nitrogens is 2. The average molecular weight is 387 g/mol. The highest BCUT2D eigenvalue weighted by atomic mass is 35.5. The third-order valence-electron chi connectivity index (χ3n) is 4.40. The summed E-state index contributed by atoms with van der Waals surface area (Å²) in [6.45, 7) is 2.80. The molecule has 0 aliphatic carbocycles. The minimum Gasteiger partial charge on any atom is -0.335 e. The number of hydrogen-bond acceptors (Lipinski definition) is 3. The summed E-state index contributed by atoms with van der Waals surface area (Å²) in [5.74, 6) is -0.437. The first-order valence-electron chi connectivity index (χ1n) is 8.12. The molecule has 5 nitrogen and oxygen atoms in total. The van der Waals surface area contributed by atoms with Crippen molar-refractivity contribution in [3.63, 3.8) is 0 Å². The number of amides is 1. The second-order valence-corrected chi connectivity index (χ2v) is 6.60. The van der Waals surface area contributed by atoms with Crippen LogP contribution in [0.4, 0.5) is 13.2 Å². The smallest absolute Gasteiger partial charge is 0.335 e. The number of benzene rings is 1. The maximum Gasteiger partial charge on any atom is 0.435 e. The number of rotatable bonds is 3. The molecule has 1 aliphatic rings. The molecule has 0 saturated carbocycles. The van der Waals surface area contributed by atoms with Gasteiger partial charge in [-0.3, -0.25) is 14.4 Å². The maximum atomic E-state index is 12.8. The zero-order chi connectivity index (χ0) is 18.9. The first kappa shape index (κ1) is 18.7. The van der Waals surface area contributed by atoms with Crippen LogP contribution >= 0.6 is 11.6 Å². The predicted octanol–water partition coefficient (Wildman–Crippen LogP) is 3.05. The number of hydrogen-bond donors (Lipinski definition) is 0. The van der Waals surface area contributed by atoms with E-state index >= 15 is 0 Å². The van der Waals surface area contributed by atoms with Gasteiger partial charge in [0.05, 0.1) is 0 Å². The minimum absolute atomic E-state index is 0.0584. The van der Waals surface area contributed by atoms with Crippen LogP contribution in [0.15, 0.2) is 30.3 Å². The standard InChI is InChI=1S/C17H18ClF3N4O/c1-23-14(10-15(22-23)17(19,20)21)16(26)25-8-6-24(7-9-25)11-12-4-2-3-5-13(12)18/h2-5,10H,6-9,11H2,1H3. The van der Waals surface area contributed by atoms with Gasteiger partial charge in [-0.05, 0) is 11.6 Å². The molecular weight excluding hydrogens is 369 g/mol. The minimum atomic E-state index is -4.57. The fourth-order valence-electron chi connectivity index (χ4n) is 2.94. The molecule has 2 aromatic rings. The van der Waals surface area contributed by atoms with Crippen LogP contribution in [0.2, 0.25) is 5.02 Å². The first-order chi connectivity index (χ1) is 12.3. The number of carbonyl (C=O) groups is 1. The van der Waals surface area contributed by atoms with Gasteiger partial charge in [0.1, 0.15) is 5.69 Å². The highest BCUT2D eigenvalue weighted by Gasteiger charge is 2.36. The highest BCUT2D eigenvalue weighted by molar-refractivity contribution is 6.31. The van der Waals surface area contributed by atoms with E-state index in [-0.39, 0.29) is 5.69 Å². The quantitative estimate of drug-likeness (QED) is 0.814. The van der Waals surface area contributed by atoms with Crippen molar-refractivity contribution >= 4 is 17.5 Å². The van der Waals surface area contributed by atoms with Crippen molar-refractivity contribution in [3.05, 3.63) is 52.3 Å². The molecule has 0 atom stereocenters. The van der Waals surface area contributed by atoms with Gasteiger partial charge in [0.25, 0.3) is 5.91 Å². The molecule has 1 saturated heterocycles. The molecule has 0 radical (unpaired) electrons. The van der Waals surface area contributed by atoms with E-state index in [0.717, 1.165) is 16.3 Å². The average Bonchev–Trinajstić information content (AvgIpc) is 2.99. The molecule has 140 valence electrons. The Morgan fingerprint density at radius 1 is 1.19 bits per heavy atom. The van der Waals surface area contributed by atoms with E-state index < -0.39 is 17.8 Å². The van der Waals surface area contributed by atoms with Gasteiger partial charge in [-0.15, -0.1) is 0 Å². The molecule has 2 heterocycles. The van der Waals surface area contributed by atoms with Gasteiger partial charge < -0.3 is 4.90 Å². The molecular formula is C17H18ClF3N4O.